The number of nitro groups is 2. The molecule has 0 spiro atoms. The molecule has 8 amide bonds. The van der Waals surface area contributed by atoms with Crippen molar-refractivity contribution in [2.24, 2.45) is 0 Å². The van der Waals surface area contributed by atoms with Crippen molar-refractivity contribution in [1.29, 1.82) is 0 Å². The van der Waals surface area contributed by atoms with E-state index in [9.17, 15) is 58.6 Å². The van der Waals surface area contributed by atoms with Crippen LogP contribution in [0.25, 0.3) is 32.9 Å². The zero-order valence-corrected chi connectivity index (χ0v) is 76.4. The molecule has 29 nitrogen and oxygen atoms in total. The number of para-hydroxylation sites is 4. The molecule has 0 atom stereocenters. The minimum absolute atomic E-state index is 0.0519. The summed E-state index contributed by atoms with van der Waals surface area (Å²) in [6, 6.07) is 103. The number of carbonyl (C=O) groups excluding carboxylic acids is 8. The summed E-state index contributed by atoms with van der Waals surface area (Å²) in [5.74, 6) is -0.628. The molecule has 12 aromatic carbocycles. The highest BCUT2D eigenvalue weighted by Crippen LogP contribution is 2.34. The number of nitrogens with zero attached hydrogens (tertiary/aromatic N) is 5. The minimum Gasteiger partial charge on any atom is -0.459 e. The first-order valence-electron chi connectivity index (χ1n) is 43.2. The Kier molecular flexibility index (Phi) is 32.3. The average molecular weight is 1900 g/mol. The van der Waals surface area contributed by atoms with Crippen molar-refractivity contribution in [2.45, 2.75) is 27.7 Å². The number of benzene rings is 12. The summed E-state index contributed by atoms with van der Waals surface area (Å²) in [5.41, 5.74) is 13.1. The van der Waals surface area contributed by atoms with Crippen LogP contribution in [-0.4, -0.2) is 88.2 Å². The van der Waals surface area contributed by atoms with Gasteiger partial charge in [0.25, 0.3) is 52.9 Å². The van der Waals surface area contributed by atoms with E-state index in [4.69, 9.17) is 49.7 Å². The number of hydrogen-bond donors (Lipinski definition) is 6. The van der Waals surface area contributed by atoms with Crippen molar-refractivity contribution in [2.75, 3.05) is 67.9 Å². The quantitative estimate of drug-likeness (QED) is 0.0305. The second-order valence-electron chi connectivity index (χ2n) is 31.0. The molecule has 0 bridgehead atoms. The van der Waals surface area contributed by atoms with E-state index in [-0.39, 0.29) is 69.9 Å². The normalized spacial score (nSPS) is 11.2. The Morgan fingerprint density at radius 2 is 0.813 bits per heavy atom. The summed E-state index contributed by atoms with van der Waals surface area (Å²) >= 11 is 12.0. The van der Waals surface area contributed by atoms with Crippen LogP contribution < -0.4 is 41.7 Å². The summed E-state index contributed by atoms with van der Waals surface area (Å²) < 4.78 is 31.0. The van der Waals surface area contributed by atoms with Gasteiger partial charge in [0.05, 0.1) is 45.5 Å². The first-order chi connectivity index (χ1) is 67.3. The molecule has 0 radical (unpaired) electrons. The van der Waals surface area contributed by atoms with Crippen LogP contribution in [0.4, 0.5) is 62.8 Å². The van der Waals surface area contributed by atoms with E-state index in [0.29, 0.717) is 79.9 Å². The molecular weight excluding hydrogens is 1810 g/mol. The number of nitro benzene ring substituents is 1. The second kappa shape index (κ2) is 46.4. The fourth-order valence-electron chi connectivity index (χ4n) is 14.1. The van der Waals surface area contributed by atoms with Gasteiger partial charge in [-0.15, -0.1) is 0 Å². The van der Waals surface area contributed by atoms with Crippen LogP contribution in [0.5, 0.6) is 0 Å². The van der Waals surface area contributed by atoms with Crippen molar-refractivity contribution in [3.63, 3.8) is 0 Å². The van der Waals surface area contributed by atoms with Gasteiger partial charge in [-0.25, -0.2) is 0 Å². The molecule has 7 heterocycles. The van der Waals surface area contributed by atoms with Crippen LogP contribution in [-0.2, 0) is 0 Å². The zero-order chi connectivity index (χ0) is 97.9. The molecule has 6 N–H and O–H groups in total. The van der Waals surface area contributed by atoms with Crippen LogP contribution in [0.1, 0.15) is 106 Å². The third-order valence-electron chi connectivity index (χ3n) is 21.2. The number of anilines is 9. The van der Waals surface area contributed by atoms with Crippen molar-refractivity contribution in [3.8, 4) is 11.1 Å². The highest BCUT2D eigenvalue weighted by Gasteiger charge is 2.27. The largest absolute Gasteiger partial charge is 0.459 e. The Hall–Kier alpha value is -18.2. The zero-order valence-electron chi connectivity index (χ0n) is 74.9. The summed E-state index contributed by atoms with van der Waals surface area (Å²) in [6.45, 7) is 10.6. The predicted molar refractivity (Wildman–Crippen MR) is 535 cm³/mol. The van der Waals surface area contributed by atoms with E-state index in [1.807, 2.05) is 209 Å². The monoisotopic (exact) mass is 1900 g/mol. The topological polar surface area (TPSA) is 384 Å². The third-order valence-corrected chi connectivity index (χ3v) is 21.8. The number of halogens is 2. The summed E-state index contributed by atoms with van der Waals surface area (Å²) in [6.07, 6.45) is 4.36. The molecule has 696 valence electrons. The van der Waals surface area contributed by atoms with Gasteiger partial charge in [0.2, 0.25) is 0 Å². The number of nitrogens with one attached hydrogen (secondary N) is 6. The van der Waals surface area contributed by atoms with E-state index < -0.39 is 27.5 Å². The summed E-state index contributed by atoms with van der Waals surface area (Å²) in [5, 5.41) is 41.9. The fraction of sp³-hybridized carbons (Fsp3) is 0.0741. The van der Waals surface area contributed by atoms with Gasteiger partial charge in [0.1, 0.15) is 16.3 Å². The van der Waals surface area contributed by atoms with Gasteiger partial charge in [-0.05, 0) is 261 Å². The molecule has 1 aliphatic rings. The Morgan fingerprint density at radius 1 is 0.353 bits per heavy atom. The Balaban J connectivity index is 0.000000134. The number of hydrogen-bond acceptors (Lipinski definition) is 19. The lowest BCUT2D eigenvalue weighted by Gasteiger charge is -2.36. The van der Waals surface area contributed by atoms with Crippen molar-refractivity contribution < 1.29 is 74.7 Å². The molecule has 1 saturated heterocycles. The SMILES string of the molecule is Cc1ccc(C(=O)N2CCN(c3ccc(NC(=O)c4ccco4)cc3)CC2)cc1.Cc1ccc(C(=O)Nc2ccc(NC(=O)c3ccco3)cc2)c(C)c1.Cc1ccc(C(=O)Nc2ccc3ccccc3c2)o1.O=C(Nc1c(Cl)cccc1Cl)c1cc2ccccc2o1.O=C(Nc1ccc(-c2ccc([N+](=O)[O-])cc2)cc1)c1ccco1.O=C(c1ccc([N+](=O)[O-])o1)N(c1ccccc1)c1ccccc1. The number of furan rings is 6. The molecule has 139 heavy (non-hydrogen) atoms. The number of non-ortho nitro benzene ring substituents is 1. The molecule has 0 saturated carbocycles. The Bertz CT molecular complexity index is 7220. The van der Waals surface area contributed by atoms with Gasteiger partial charge >= 0.3 is 5.88 Å². The van der Waals surface area contributed by atoms with E-state index in [2.05, 4.69) is 36.8 Å². The molecule has 18 aromatic rings. The van der Waals surface area contributed by atoms with E-state index in [0.717, 1.165) is 79.8 Å². The second-order valence-corrected chi connectivity index (χ2v) is 31.9. The van der Waals surface area contributed by atoms with Crippen molar-refractivity contribution in [3.05, 3.63) is 469 Å². The Labute approximate surface area is 805 Å². The number of amides is 8. The van der Waals surface area contributed by atoms with Gasteiger partial charge in [0.15, 0.2) is 34.6 Å². The summed E-state index contributed by atoms with van der Waals surface area (Å²) in [4.78, 5) is 124. The van der Waals surface area contributed by atoms with Gasteiger partial charge in [0, 0.05) is 100 Å². The molecule has 0 unspecified atom stereocenters. The number of rotatable bonds is 20. The number of fused-ring (bicyclic) bond motifs is 2. The number of carbonyl (C=O) groups is 8. The smallest absolute Gasteiger partial charge is 0.433 e. The van der Waals surface area contributed by atoms with Gasteiger partial charge < -0.3 is 68.2 Å². The van der Waals surface area contributed by atoms with Crippen LogP contribution >= 0.6 is 23.2 Å². The van der Waals surface area contributed by atoms with E-state index >= 15 is 0 Å². The summed E-state index contributed by atoms with van der Waals surface area (Å²) in [7, 11) is 0. The van der Waals surface area contributed by atoms with Crippen molar-refractivity contribution >= 4 is 155 Å². The van der Waals surface area contributed by atoms with Crippen molar-refractivity contribution in [1.82, 2.24) is 4.90 Å². The van der Waals surface area contributed by atoms with Gasteiger partial charge in [-0.3, -0.25) is 63.5 Å². The molecule has 19 rings (SSSR count). The molecule has 6 aromatic heterocycles. The van der Waals surface area contributed by atoms with Crippen LogP contribution in [0.15, 0.2) is 397 Å². The standard InChI is InChI=1S/C23H23N3O3.C20H18N2O3.2C17H12N2O4.C16H13NO2.C15H9Cl2NO2/c1-17-4-6-18(7-5-17)23(28)26-14-12-25(13-15-26)20-10-8-19(9-11-20)24-22(27)21-3-2-16-29-21;1-13-5-10-17(14(2)12-13)19(23)21-15-6-8-16(9-7-15)22-20(24)18-4-3-11-25-18;20-17(15-11-12-16(23-15)19(21)22)18(13-7-3-1-4-8-13)14-9-5-2-6-10-14;20-17(16-2-1-11-23-16)18-14-7-3-12(4-8-14)13-5-9-15(10-6-13)19(21)22;1-11-6-9-15(19-11)16(18)17-14-8-7-12-4-2-3-5-13(12)10-14;16-10-5-3-6-11(17)14(10)18-15(19)13-8-9-4-1-2-7-12(9)20-13/h2-11,16H,12-15H2,1H3,(H,24,27);3-12H,1-2H3,(H,21,23)(H,22,24);1-12H;1-11H,(H,18,20);2-10H,1H3,(H,17,18);1-8H,(H,18,19). The molecular formula is C108H87Cl2N11O18. The number of piperazine rings is 1. The van der Waals surface area contributed by atoms with E-state index in [1.165, 1.54) is 48.0 Å². The van der Waals surface area contributed by atoms with Crippen LogP contribution in [0, 0.1) is 47.9 Å². The maximum atomic E-state index is 12.8. The Morgan fingerprint density at radius 3 is 1.31 bits per heavy atom. The highest BCUT2D eigenvalue weighted by atomic mass is 35.5. The number of aryl methyl sites for hydroxylation is 4. The lowest BCUT2D eigenvalue weighted by molar-refractivity contribution is -0.402. The maximum absolute atomic E-state index is 12.8. The van der Waals surface area contributed by atoms with Crippen LogP contribution in [0.3, 0.4) is 0 Å². The highest BCUT2D eigenvalue weighted by molar-refractivity contribution is 6.40. The fourth-order valence-corrected chi connectivity index (χ4v) is 14.6. The first kappa shape index (κ1) is 96.8. The van der Waals surface area contributed by atoms with E-state index in [1.54, 1.807) is 152 Å². The van der Waals surface area contributed by atoms with Gasteiger partial charge in [-0.2, -0.15) is 0 Å². The third kappa shape index (κ3) is 26.4. The lowest BCUT2D eigenvalue weighted by atomic mass is 10.1. The molecule has 1 fully saturated rings. The molecule has 31 heteroatoms. The first-order valence-corrected chi connectivity index (χ1v) is 43.9. The molecule has 0 aliphatic carbocycles. The minimum atomic E-state index is -0.674. The average Bonchev–Trinajstić information content (AvgIpc) is 1.51. The molecule has 1 aliphatic heterocycles. The van der Waals surface area contributed by atoms with Crippen LogP contribution in [0.2, 0.25) is 10.0 Å². The lowest BCUT2D eigenvalue weighted by Crippen LogP contribution is -2.48. The van der Waals surface area contributed by atoms with Gasteiger partial charge in [-0.1, -0.05) is 162 Å². The predicted octanol–water partition coefficient (Wildman–Crippen LogP) is 25.5. The maximum Gasteiger partial charge on any atom is 0.433 e.